The minimum absolute atomic E-state index is 0.0287. The van der Waals surface area contributed by atoms with E-state index in [1.807, 2.05) is 6.07 Å². The molecule has 0 aliphatic rings. The zero-order valence-electron chi connectivity index (χ0n) is 10.5. The minimum atomic E-state index is -0.630. The Labute approximate surface area is 118 Å². The molecule has 0 aliphatic carbocycles. The van der Waals surface area contributed by atoms with Crippen molar-refractivity contribution >= 4 is 17.3 Å². The fraction of sp³-hybridized carbons (Fsp3) is 0. The van der Waals surface area contributed by atoms with Crippen LogP contribution in [-0.2, 0) is 0 Å². The van der Waals surface area contributed by atoms with Crippen molar-refractivity contribution in [2.45, 2.75) is 0 Å². The molecule has 0 saturated heterocycles. The van der Waals surface area contributed by atoms with Crippen LogP contribution in [0.25, 0.3) is 0 Å². The van der Waals surface area contributed by atoms with Gasteiger partial charge in [-0.3, -0.25) is 14.9 Å². The molecular formula is C14H8FN3O3. The standard InChI is InChI=1S/C14H8FN3O3/c15-11-4-1-9(2-5-11)14(19)17-13-7-12(18(20)21)6-3-10(13)8-16/h1-7H,(H,17,19). The van der Waals surface area contributed by atoms with Gasteiger partial charge in [0.2, 0.25) is 0 Å². The number of nitrogens with zero attached hydrogens (tertiary/aromatic N) is 2. The van der Waals surface area contributed by atoms with E-state index in [4.69, 9.17) is 5.26 Å². The van der Waals surface area contributed by atoms with E-state index in [1.54, 1.807) is 0 Å². The van der Waals surface area contributed by atoms with Crippen LogP contribution in [0.3, 0.4) is 0 Å². The van der Waals surface area contributed by atoms with Gasteiger partial charge in [0.25, 0.3) is 11.6 Å². The highest BCUT2D eigenvalue weighted by Crippen LogP contribution is 2.22. The van der Waals surface area contributed by atoms with E-state index in [2.05, 4.69) is 5.32 Å². The fourth-order valence-electron chi connectivity index (χ4n) is 1.64. The molecule has 0 saturated carbocycles. The molecule has 21 heavy (non-hydrogen) atoms. The Morgan fingerprint density at radius 1 is 1.24 bits per heavy atom. The van der Waals surface area contributed by atoms with E-state index in [0.29, 0.717) is 0 Å². The zero-order chi connectivity index (χ0) is 15.4. The van der Waals surface area contributed by atoms with Gasteiger partial charge in [0.15, 0.2) is 0 Å². The summed E-state index contributed by atoms with van der Waals surface area (Å²) in [6.07, 6.45) is 0. The monoisotopic (exact) mass is 285 g/mol. The number of amides is 1. The van der Waals surface area contributed by atoms with Crippen LogP contribution in [0.1, 0.15) is 15.9 Å². The number of anilines is 1. The molecule has 0 unspecified atom stereocenters. The van der Waals surface area contributed by atoms with Gasteiger partial charge in [0.05, 0.1) is 16.2 Å². The van der Waals surface area contributed by atoms with Crippen molar-refractivity contribution in [3.05, 3.63) is 69.5 Å². The molecule has 2 aromatic rings. The third-order valence-electron chi connectivity index (χ3n) is 2.69. The number of hydrogen-bond donors (Lipinski definition) is 1. The van der Waals surface area contributed by atoms with Crippen LogP contribution < -0.4 is 5.32 Å². The Morgan fingerprint density at radius 3 is 2.48 bits per heavy atom. The molecule has 0 radical (unpaired) electrons. The van der Waals surface area contributed by atoms with Crippen LogP contribution in [-0.4, -0.2) is 10.8 Å². The van der Waals surface area contributed by atoms with Crippen LogP contribution in [0.2, 0.25) is 0 Å². The summed E-state index contributed by atoms with van der Waals surface area (Å²) in [6, 6.07) is 10.1. The molecule has 1 amide bonds. The number of nitriles is 1. The Bertz CT molecular complexity index is 751. The number of rotatable bonds is 3. The van der Waals surface area contributed by atoms with Crippen LogP contribution in [0.5, 0.6) is 0 Å². The van der Waals surface area contributed by atoms with Gasteiger partial charge >= 0.3 is 0 Å². The van der Waals surface area contributed by atoms with Crippen LogP contribution in [0, 0.1) is 27.3 Å². The summed E-state index contributed by atoms with van der Waals surface area (Å²) < 4.78 is 12.8. The molecule has 1 N–H and O–H groups in total. The summed E-state index contributed by atoms with van der Waals surface area (Å²) >= 11 is 0. The first-order chi connectivity index (χ1) is 10.0. The van der Waals surface area contributed by atoms with E-state index in [1.165, 1.54) is 24.3 Å². The quantitative estimate of drug-likeness (QED) is 0.692. The lowest BCUT2D eigenvalue weighted by atomic mass is 10.1. The van der Waals surface area contributed by atoms with Crippen molar-refractivity contribution < 1.29 is 14.1 Å². The molecule has 104 valence electrons. The van der Waals surface area contributed by atoms with E-state index in [9.17, 15) is 19.3 Å². The molecule has 0 bridgehead atoms. The molecule has 0 aliphatic heterocycles. The summed E-state index contributed by atoms with van der Waals surface area (Å²) in [7, 11) is 0. The predicted molar refractivity (Wildman–Crippen MR) is 72.2 cm³/mol. The van der Waals surface area contributed by atoms with Crippen molar-refractivity contribution in [1.29, 1.82) is 5.26 Å². The Hall–Kier alpha value is -3.27. The highest BCUT2D eigenvalue weighted by atomic mass is 19.1. The molecular weight excluding hydrogens is 277 g/mol. The second-order valence-corrected chi connectivity index (χ2v) is 4.06. The number of carbonyl (C=O) groups is 1. The molecule has 0 aromatic heterocycles. The maximum absolute atomic E-state index is 12.8. The summed E-state index contributed by atoms with van der Waals surface area (Å²) in [4.78, 5) is 22.0. The minimum Gasteiger partial charge on any atom is -0.321 e. The molecule has 0 atom stereocenters. The first kappa shape index (κ1) is 14.1. The first-order valence-electron chi connectivity index (χ1n) is 5.76. The van der Waals surface area contributed by atoms with Crippen molar-refractivity contribution in [1.82, 2.24) is 0 Å². The third kappa shape index (κ3) is 3.19. The molecule has 0 fully saturated rings. The Morgan fingerprint density at radius 2 is 1.90 bits per heavy atom. The lowest BCUT2D eigenvalue weighted by molar-refractivity contribution is -0.384. The number of nitro groups is 1. The smallest absolute Gasteiger partial charge is 0.271 e. The van der Waals surface area contributed by atoms with E-state index in [0.717, 1.165) is 18.2 Å². The molecule has 0 heterocycles. The van der Waals surface area contributed by atoms with Gasteiger partial charge < -0.3 is 5.32 Å². The van der Waals surface area contributed by atoms with Gasteiger partial charge in [-0.25, -0.2) is 4.39 Å². The largest absolute Gasteiger partial charge is 0.321 e. The predicted octanol–water partition coefficient (Wildman–Crippen LogP) is 2.86. The van der Waals surface area contributed by atoms with Gasteiger partial charge in [-0.1, -0.05) is 0 Å². The Balaban J connectivity index is 2.32. The zero-order valence-corrected chi connectivity index (χ0v) is 10.5. The highest BCUT2D eigenvalue weighted by molar-refractivity contribution is 6.05. The molecule has 2 rings (SSSR count). The number of nitrogens with one attached hydrogen (secondary N) is 1. The topological polar surface area (TPSA) is 96.0 Å². The first-order valence-corrected chi connectivity index (χ1v) is 5.76. The maximum Gasteiger partial charge on any atom is 0.271 e. The number of carbonyl (C=O) groups excluding carboxylic acids is 1. The molecule has 7 heteroatoms. The van der Waals surface area contributed by atoms with Crippen molar-refractivity contribution in [2.24, 2.45) is 0 Å². The van der Waals surface area contributed by atoms with E-state index >= 15 is 0 Å². The average molecular weight is 285 g/mol. The lowest BCUT2D eigenvalue weighted by Crippen LogP contribution is -2.13. The van der Waals surface area contributed by atoms with Gasteiger partial charge in [-0.05, 0) is 30.3 Å². The van der Waals surface area contributed by atoms with Crippen molar-refractivity contribution in [2.75, 3.05) is 5.32 Å². The number of non-ortho nitro benzene ring substituents is 1. The summed E-state index contributed by atoms with van der Waals surface area (Å²) in [6.45, 7) is 0. The van der Waals surface area contributed by atoms with Crippen LogP contribution in [0.15, 0.2) is 42.5 Å². The average Bonchev–Trinajstić information content (AvgIpc) is 2.47. The van der Waals surface area contributed by atoms with Gasteiger partial charge in [-0.15, -0.1) is 0 Å². The summed E-state index contributed by atoms with van der Waals surface area (Å²) in [5.41, 5.74) is 0.0484. The van der Waals surface area contributed by atoms with E-state index in [-0.39, 0.29) is 22.5 Å². The van der Waals surface area contributed by atoms with Crippen molar-refractivity contribution in [3.63, 3.8) is 0 Å². The highest BCUT2D eigenvalue weighted by Gasteiger charge is 2.14. The normalized spacial score (nSPS) is 9.71. The molecule has 6 nitrogen and oxygen atoms in total. The number of benzene rings is 2. The number of halogens is 1. The molecule has 2 aromatic carbocycles. The fourth-order valence-corrected chi connectivity index (χ4v) is 1.64. The molecule has 0 spiro atoms. The summed E-state index contributed by atoms with van der Waals surface area (Å²) in [5.74, 6) is -1.08. The van der Waals surface area contributed by atoms with Gasteiger partial charge in [-0.2, -0.15) is 5.26 Å². The van der Waals surface area contributed by atoms with Gasteiger partial charge in [0.1, 0.15) is 11.9 Å². The Kier molecular flexibility index (Phi) is 3.90. The SMILES string of the molecule is N#Cc1ccc([N+](=O)[O-])cc1NC(=O)c1ccc(F)cc1. The van der Waals surface area contributed by atoms with Crippen LogP contribution in [0.4, 0.5) is 15.8 Å². The van der Waals surface area contributed by atoms with E-state index < -0.39 is 16.6 Å². The third-order valence-corrected chi connectivity index (χ3v) is 2.69. The second kappa shape index (κ2) is 5.79. The van der Waals surface area contributed by atoms with Crippen LogP contribution >= 0.6 is 0 Å². The summed E-state index contributed by atoms with van der Waals surface area (Å²) in [5, 5.41) is 22.1. The maximum atomic E-state index is 12.8. The number of nitro benzene ring substituents is 1. The van der Waals surface area contributed by atoms with Gasteiger partial charge in [0, 0.05) is 17.7 Å². The lowest BCUT2D eigenvalue weighted by Gasteiger charge is -2.07. The number of hydrogen-bond acceptors (Lipinski definition) is 4. The van der Waals surface area contributed by atoms with Crippen molar-refractivity contribution in [3.8, 4) is 6.07 Å². The second-order valence-electron chi connectivity index (χ2n) is 4.06.